The second-order valence-electron chi connectivity index (χ2n) is 16.5. The molecule has 3 aromatic rings. The summed E-state index contributed by atoms with van der Waals surface area (Å²) < 4.78 is 19.1. The molecule has 0 saturated carbocycles. The zero-order valence-electron chi connectivity index (χ0n) is 37.7. The Morgan fingerprint density at radius 1 is 0.662 bits per heavy atom. The minimum absolute atomic E-state index is 0.0797. The SMILES string of the molecule is C#CCOCCOCCOCCNc1nc(N2CCN(C(=O)C(CC(N)=O)n3cc(C(N)C(C)C)nn3)CC2)nc(N2CCN(C(=O)C(CC(N)=O)n3cc(C(N)C(C)C)nn3)CC2)n1. The van der Waals surface area contributed by atoms with Crippen LogP contribution in [0.25, 0.3) is 0 Å². The lowest BCUT2D eigenvalue weighted by Gasteiger charge is -2.38. The molecule has 65 heavy (non-hydrogen) atoms. The first-order chi connectivity index (χ1) is 31.2. The standard InChI is InChI=1S/C40H64N18O7/c1-6-16-63-18-20-65-21-19-64-17-7-45-38-46-39(55-12-8-53(9-13-55)36(61)30(22-32(41)59)57-24-28(49-51-57)34(43)26(2)3)48-40(47-38)56-14-10-54(11-15-56)37(62)31(23-33(42)60)58-25-29(50-52-58)35(44)27(4)5/h1,24-27,30-31,34-35H,7-23,43-44H2,2-5H3,(H2,41,59)(H2,42,60)(H,45,46,47,48). The highest BCUT2D eigenvalue weighted by Crippen LogP contribution is 2.25. The maximum atomic E-state index is 13.9. The lowest BCUT2D eigenvalue weighted by atomic mass is 10.0. The van der Waals surface area contributed by atoms with E-state index in [0.29, 0.717) is 121 Å². The van der Waals surface area contributed by atoms with Gasteiger partial charge in [0.2, 0.25) is 41.5 Å². The van der Waals surface area contributed by atoms with E-state index in [1.54, 1.807) is 22.2 Å². The maximum Gasteiger partial charge on any atom is 0.248 e. The number of amides is 4. The molecule has 2 aliphatic rings. The van der Waals surface area contributed by atoms with Crippen LogP contribution in [0.1, 0.15) is 76.1 Å². The van der Waals surface area contributed by atoms with E-state index >= 15 is 0 Å². The molecule has 9 N–H and O–H groups in total. The van der Waals surface area contributed by atoms with Crippen LogP contribution in [0.3, 0.4) is 0 Å². The number of nitrogens with one attached hydrogen (secondary N) is 1. The van der Waals surface area contributed by atoms with Gasteiger partial charge < -0.3 is 62.1 Å². The lowest BCUT2D eigenvalue weighted by Crippen LogP contribution is -2.52. The van der Waals surface area contributed by atoms with E-state index in [0.717, 1.165) is 0 Å². The van der Waals surface area contributed by atoms with Crippen LogP contribution in [-0.4, -0.2) is 177 Å². The Morgan fingerprint density at radius 3 is 1.48 bits per heavy atom. The Bertz CT molecular complexity index is 1930. The van der Waals surface area contributed by atoms with Crippen molar-refractivity contribution in [3.63, 3.8) is 0 Å². The number of primary amides is 2. The summed E-state index contributed by atoms with van der Waals surface area (Å²) in [5.74, 6) is 1.66. The summed E-state index contributed by atoms with van der Waals surface area (Å²) in [5.41, 5.74) is 24.7. The fourth-order valence-electron chi connectivity index (χ4n) is 7.04. The quantitative estimate of drug-likeness (QED) is 0.0453. The van der Waals surface area contributed by atoms with Gasteiger partial charge in [-0.1, -0.05) is 44.0 Å². The average Bonchev–Trinajstić information content (AvgIpc) is 3.99. The first-order valence-electron chi connectivity index (χ1n) is 21.8. The number of ether oxygens (including phenoxy) is 3. The Hall–Kier alpha value is -6.07. The smallest absolute Gasteiger partial charge is 0.248 e. The molecule has 4 amide bonds. The van der Waals surface area contributed by atoms with Crippen molar-refractivity contribution in [2.45, 2.75) is 64.7 Å². The van der Waals surface area contributed by atoms with Gasteiger partial charge in [-0.2, -0.15) is 15.0 Å². The molecule has 3 aromatic heterocycles. The molecule has 0 spiro atoms. The molecule has 2 saturated heterocycles. The highest BCUT2D eigenvalue weighted by atomic mass is 16.5. The summed E-state index contributed by atoms with van der Waals surface area (Å²) in [4.78, 5) is 73.6. The van der Waals surface area contributed by atoms with E-state index in [2.05, 4.69) is 31.9 Å². The average molecular weight is 909 g/mol. The second-order valence-corrected chi connectivity index (χ2v) is 16.5. The van der Waals surface area contributed by atoms with Gasteiger partial charge in [-0.25, -0.2) is 9.36 Å². The zero-order valence-corrected chi connectivity index (χ0v) is 37.7. The van der Waals surface area contributed by atoms with E-state index in [9.17, 15) is 19.2 Å². The highest BCUT2D eigenvalue weighted by Gasteiger charge is 2.35. The monoisotopic (exact) mass is 909 g/mol. The van der Waals surface area contributed by atoms with Crippen molar-refractivity contribution in [3.05, 3.63) is 23.8 Å². The van der Waals surface area contributed by atoms with E-state index in [4.69, 9.17) is 58.5 Å². The molecular weight excluding hydrogens is 845 g/mol. The van der Waals surface area contributed by atoms with Crippen LogP contribution in [0.2, 0.25) is 0 Å². The van der Waals surface area contributed by atoms with Gasteiger partial charge in [0.1, 0.15) is 18.7 Å². The molecule has 4 unspecified atom stereocenters. The molecule has 0 radical (unpaired) electrons. The van der Waals surface area contributed by atoms with Crippen LogP contribution in [-0.2, 0) is 33.4 Å². The van der Waals surface area contributed by atoms with Crippen LogP contribution >= 0.6 is 0 Å². The molecular formula is C40H64N18O7. The number of nitrogens with zero attached hydrogens (tertiary/aromatic N) is 13. The molecule has 0 bridgehead atoms. The van der Waals surface area contributed by atoms with Crippen molar-refractivity contribution in [1.82, 2.24) is 54.7 Å². The summed E-state index contributed by atoms with van der Waals surface area (Å²) >= 11 is 0. The van der Waals surface area contributed by atoms with Crippen molar-refractivity contribution in [2.24, 2.45) is 34.8 Å². The van der Waals surface area contributed by atoms with Gasteiger partial charge in [0.15, 0.2) is 0 Å². The Labute approximate surface area is 378 Å². The molecule has 0 aliphatic carbocycles. The van der Waals surface area contributed by atoms with Crippen molar-refractivity contribution in [1.29, 1.82) is 0 Å². The number of nitrogens with two attached hydrogens (primary N) is 4. The van der Waals surface area contributed by atoms with E-state index in [1.807, 2.05) is 37.5 Å². The molecule has 356 valence electrons. The predicted octanol–water partition coefficient (Wildman–Crippen LogP) is -2.01. The third-order valence-corrected chi connectivity index (χ3v) is 11.0. The third kappa shape index (κ3) is 14.2. The first-order valence-corrected chi connectivity index (χ1v) is 21.8. The molecule has 5 heterocycles. The fraction of sp³-hybridized carbons (Fsp3) is 0.675. The number of hydrogen-bond donors (Lipinski definition) is 5. The van der Waals surface area contributed by atoms with Gasteiger partial charge >= 0.3 is 0 Å². The number of piperazine rings is 2. The van der Waals surface area contributed by atoms with E-state index in [1.165, 1.54) is 9.36 Å². The molecule has 25 nitrogen and oxygen atoms in total. The summed E-state index contributed by atoms with van der Waals surface area (Å²) in [5, 5.41) is 19.8. The number of terminal acetylenes is 1. The summed E-state index contributed by atoms with van der Waals surface area (Å²) in [6.07, 6.45) is 7.85. The molecule has 2 fully saturated rings. The highest BCUT2D eigenvalue weighted by molar-refractivity contribution is 5.87. The van der Waals surface area contributed by atoms with Gasteiger partial charge in [-0.15, -0.1) is 16.6 Å². The first kappa shape index (κ1) is 49.9. The van der Waals surface area contributed by atoms with Gasteiger partial charge in [0.25, 0.3) is 0 Å². The van der Waals surface area contributed by atoms with Crippen LogP contribution < -0.4 is 38.1 Å². The molecule has 0 aromatic carbocycles. The molecule has 5 rings (SSSR count). The lowest BCUT2D eigenvalue weighted by molar-refractivity contribution is -0.138. The van der Waals surface area contributed by atoms with Gasteiger partial charge in [0, 0.05) is 58.9 Å². The Balaban J connectivity index is 1.26. The fourth-order valence-corrected chi connectivity index (χ4v) is 7.04. The van der Waals surface area contributed by atoms with Crippen molar-refractivity contribution < 1.29 is 33.4 Å². The number of hydrogen-bond acceptors (Lipinski definition) is 19. The second kappa shape index (κ2) is 24.3. The molecule has 4 atom stereocenters. The Morgan fingerprint density at radius 2 is 1.08 bits per heavy atom. The van der Waals surface area contributed by atoms with Gasteiger partial charge in [-0.05, 0) is 11.8 Å². The van der Waals surface area contributed by atoms with Crippen LogP contribution in [0.5, 0.6) is 0 Å². The molecule has 25 heteroatoms. The molecule has 2 aliphatic heterocycles. The van der Waals surface area contributed by atoms with Crippen molar-refractivity contribution in [2.75, 3.05) is 114 Å². The summed E-state index contributed by atoms with van der Waals surface area (Å²) in [6.45, 7) is 12.9. The Kier molecular flexibility index (Phi) is 18.7. The zero-order chi connectivity index (χ0) is 47.0. The van der Waals surface area contributed by atoms with E-state index < -0.39 is 36.0 Å². The van der Waals surface area contributed by atoms with Gasteiger partial charge in [0.05, 0.1) is 81.7 Å². The number of rotatable bonds is 25. The third-order valence-electron chi connectivity index (χ3n) is 11.0. The normalized spacial score (nSPS) is 16.4. The van der Waals surface area contributed by atoms with Crippen LogP contribution in [0.4, 0.5) is 17.8 Å². The van der Waals surface area contributed by atoms with Crippen molar-refractivity contribution >= 4 is 41.5 Å². The summed E-state index contributed by atoms with van der Waals surface area (Å²) in [7, 11) is 0. The van der Waals surface area contributed by atoms with Crippen molar-refractivity contribution in [3.8, 4) is 12.3 Å². The number of anilines is 3. The number of carbonyl (C=O) groups excluding carboxylic acids is 4. The number of aromatic nitrogens is 9. The van der Waals surface area contributed by atoms with Gasteiger partial charge in [-0.3, -0.25) is 19.2 Å². The minimum atomic E-state index is -0.991. The predicted molar refractivity (Wildman–Crippen MR) is 236 cm³/mol. The summed E-state index contributed by atoms with van der Waals surface area (Å²) in [6, 6.07) is -2.78. The van der Waals surface area contributed by atoms with Crippen LogP contribution in [0.15, 0.2) is 12.4 Å². The van der Waals surface area contributed by atoms with Crippen LogP contribution in [0, 0.1) is 24.2 Å². The van der Waals surface area contributed by atoms with E-state index in [-0.39, 0.29) is 43.1 Å². The minimum Gasteiger partial charge on any atom is -0.377 e. The topological polar surface area (TPSA) is 325 Å². The largest absolute Gasteiger partial charge is 0.377 e. The number of carbonyl (C=O) groups is 4. The maximum absolute atomic E-state index is 13.9.